The molecule has 0 radical (unpaired) electrons. The van der Waals surface area contributed by atoms with Crippen molar-refractivity contribution in [1.82, 2.24) is 0 Å². The Bertz CT molecular complexity index is 357. The van der Waals surface area contributed by atoms with Gasteiger partial charge in [-0.3, -0.25) is 0 Å². The third-order valence-electron chi connectivity index (χ3n) is 2.14. The molecule has 2 aliphatic carbocycles. The van der Waals surface area contributed by atoms with Gasteiger partial charge in [-0.25, -0.2) is 0 Å². The molecule has 2 nitrogen and oxygen atoms in total. The van der Waals surface area contributed by atoms with Crippen LogP contribution < -0.4 is 10.2 Å². The van der Waals surface area contributed by atoms with Crippen LogP contribution in [-0.4, -0.2) is 0 Å². The Morgan fingerprint density at radius 3 is 1.06 bits per heavy atom. The van der Waals surface area contributed by atoms with Gasteiger partial charge >= 0.3 is 19.5 Å². The summed E-state index contributed by atoms with van der Waals surface area (Å²) in [7, 11) is 0. The number of allylic oxidation sites excluding steroid dienone is 12. The fourth-order valence-electron chi connectivity index (χ4n) is 1.22. The topological polar surface area (TPSA) is 46.1 Å². The van der Waals surface area contributed by atoms with E-state index in [2.05, 4.69) is 0 Å². The largest absolute Gasteiger partial charge is 2.00 e. The van der Waals surface area contributed by atoms with Gasteiger partial charge in [0, 0.05) is 0 Å². The summed E-state index contributed by atoms with van der Waals surface area (Å²) in [6.45, 7) is 3.13. The quantitative estimate of drug-likeness (QED) is 0.502. The van der Waals surface area contributed by atoms with Crippen LogP contribution in [0.1, 0.15) is 13.8 Å². The fraction of sp³-hybridized carbons (Fsp3) is 0.143. The molecule has 0 bridgehead atoms. The van der Waals surface area contributed by atoms with Gasteiger partial charge in [0.2, 0.25) is 0 Å². The second-order valence-electron chi connectivity index (χ2n) is 3.46. The SMILES string of the molecule is CC([O-])=C1C=CC=C1.CC([O-])=C1C=CC=C1.[Ru+2]. The molecule has 0 aliphatic heterocycles. The van der Waals surface area contributed by atoms with E-state index in [-0.39, 0.29) is 31.0 Å². The van der Waals surface area contributed by atoms with Crippen molar-refractivity contribution in [1.29, 1.82) is 0 Å². The van der Waals surface area contributed by atoms with Crippen LogP contribution >= 0.6 is 0 Å². The molecule has 0 heterocycles. The Morgan fingerprint density at radius 1 is 0.706 bits per heavy atom. The molecular formula is C14H14O2Ru. The maximum atomic E-state index is 10.5. The molecule has 0 N–H and O–H groups in total. The Morgan fingerprint density at radius 2 is 0.941 bits per heavy atom. The van der Waals surface area contributed by atoms with Crippen molar-refractivity contribution < 1.29 is 29.7 Å². The van der Waals surface area contributed by atoms with Crippen molar-refractivity contribution in [3.63, 3.8) is 0 Å². The molecule has 0 fully saturated rings. The van der Waals surface area contributed by atoms with Gasteiger partial charge in [-0.1, -0.05) is 62.5 Å². The number of rotatable bonds is 0. The Labute approximate surface area is 115 Å². The first-order chi connectivity index (χ1) is 7.61. The predicted molar refractivity (Wildman–Crippen MR) is 62.0 cm³/mol. The van der Waals surface area contributed by atoms with Crippen molar-refractivity contribution in [3.8, 4) is 0 Å². The average molecular weight is 315 g/mol. The zero-order valence-electron chi connectivity index (χ0n) is 9.79. The van der Waals surface area contributed by atoms with E-state index < -0.39 is 0 Å². The van der Waals surface area contributed by atoms with Crippen LogP contribution in [0.2, 0.25) is 0 Å². The molecule has 0 saturated heterocycles. The minimum Gasteiger partial charge on any atom is -0.875 e. The van der Waals surface area contributed by atoms with E-state index in [1.54, 1.807) is 13.8 Å². The summed E-state index contributed by atoms with van der Waals surface area (Å²) >= 11 is 0. The molecule has 90 valence electrons. The molecule has 0 spiro atoms. The summed E-state index contributed by atoms with van der Waals surface area (Å²) in [6, 6.07) is 0. The third kappa shape index (κ3) is 5.51. The van der Waals surface area contributed by atoms with Gasteiger partial charge in [-0.15, -0.1) is 11.5 Å². The molecule has 0 amide bonds. The minimum absolute atomic E-state index is 0. The smallest absolute Gasteiger partial charge is 0.875 e. The summed E-state index contributed by atoms with van der Waals surface area (Å²) in [6.07, 6.45) is 14.7. The molecule has 0 atom stereocenters. The zero-order chi connectivity index (χ0) is 12.0. The number of hydrogen-bond donors (Lipinski definition) is 0. The van der Waals surface area contributed by atoms with Gasteiger partial charge < -0.3 is 10.2 Å². The van der Waals surface area contributed by atoms with Gasteiger partial charge in [0.25, 0.3) is 0 Å². The Balaban J connectivity index is 0.000000284. The van der Waals surface area contributed by atoms with Gasteiger partial charge in [0.1, 0.15) is 0 Å². The summed E-state index contributed by atoms with van der Waals surface area (Å²) in [5.74, 6) is 0.269. The van der Waals surface area contributed by atoms with Crippen molar-refractivity contribution in [3.05, 3.63) is 71.3 Å². The molecule has 17 heavy (non-hydrogen) atoms. The van der Waals surface area contributed by atoms with Gasteiger partial charge in [-0.05, 0) is 11.1 Å². The van der Waals surface area contributed by atoms with Crippen molar-refractivity contribution in [2.45, 2.75) is 13.8 Å². The molecule has 3 heteroatoms. The van der Waals surface area contributed by atoms with E-state index in [4.69, 9.17) is 0 Å². The minimum atomic E-state index is 0. The average Bonchev–Trinajstić information content (AvgIpc) is 2.93. The first-order valence-corrected chi connectivity index (χ1v) is 5.06. The van der Waals surface area contributed by atoms with Gasteiger partial charge in [-0.2, -0.15) is 0 Å². The van der Waals surface area contributed by atoms with Crippen molar-refractivity contribution in [2.24, 2.45) is 0 Å². The van der Waals surface area contributed by atoms with Crippen LogP contribution in [0.25, 0.3) is 0 Å². The third-order valence-corrected chi connectivity index (χ3v) is 2.14. The van der Waals surface area contributed by atoms with E-state index in [1.807, 2.05) is 48.6 Å². The Hall–Kier alpha value is -1.34. The van der Waals surface area contributed by atoms with Gasteiger partial charge in [0.15, 0.2) is 0 Å². The van der Waals surface area contributed by atoms with E-state index in [0.29, 0.717) is 0 Å². The molecule has 0 unspecified atom stereocenters. The van der Waals surface area contributed by atoms with Crippen LogP contribution in [-0.2, 0) is 19.5 Å². The van der Waals surface area contributed by atoms with E-state index in [1.165, 1.54) is 0 Å². The van der Waals surface area contributed by atoms with Crippen molar-refractivity contribution in [2.75, 3.05) is 0 Å². The molecule has 2 rings (SSSR count). The molecule has 0 aromatic heterocycles. The van der Waals surface area contributed by atoms with E-state index >= 15 is 0 Å². The van der Waals surface area contributed by atoms with Crippen LogP contribution in [0.4, 0.5) is 0 Å². The molecule has 2 aliphatic rings. The van der Waals surface area contributed by atoms with Crippen LogP contribution in [0.3, 0.4) is 0 Å². The maximum Gasteiger partial charge on any atom is 2.00 e. The molecule has 0 aromatic rings. The normalized spacial score (nSPS) is 14.5. The maximum absolute atomic E-state index is 10.5. The summed E-state index contributed by atoms with van der Waals surface area (Å²) in [4.78, 5) is 0. The predicted octanol–water partition coefficient (Wildman–Crippen LogP) is 1.49. The van der Waals surface area contributed by atoms with E-state index in [9.17, 15) is 10.2 Å². The van der Waals surface area contributed by atoms with Crippen LogP contribution in [0.5, 0.6) is 0 Å². The first-order valence-electron chi connectivity index (χ1n) is 5.06. The van der Waals surface area contributed by atoms with Gasteiger partial charge in [0.05, 0.1) is 0 Å². The second-order valence-corrected chi connectivity index (χ2v) is 3.46. The first kappa shape index (κ1) is 15.7. The van der Waals surface area contributed by atoms with Crippen LogP contribution in [0.15, 0.2) is 71.3 Å². The summed E-state index contributed by atoms with van der Waals surface area (Å²) in [5.41, 5.74) is 1.59. The fourth-order valence-corrected chi connectivity index (χ4v) is 1.22. The van der Waals surface area contributed by atoms with Crippen LogP contribution in [0, 0.1) is 0 Å². The zero-order valence-corrected chi connectivity index (χ0v) is 11.5. The Kier molecular flexibility index (Phi) is 7.24. The standard InChI is InChI=1S/2C7H8O.Ru/c2*1-6(8)7-4-2-3-5-7;/h2*2-5,8H,1H3;/q;;+2/p-2. The summed E-state index contributed by atoms with van der Waals surface area (Å²) in [5, 5.41) is 21.0. The van der Waals surface area contributed by atoms with Crippen molar-refractivity contribution >= 4 is 0 Å². The molecule has 0 saturated carbocycles. The number of hydrogen-bond acceptors (Lipinski definition) is 2. The molecule has 0 aromatic carbocycles. The second kappa shape index (κ2) is 7.86. The van der Waals surface area contributed by atoms with E-state index in [0.717, 1.165) is 11.1 Å². The monoisotopic (exact) mass is 316 g/mol. The summed E-state index contributed by atoms with van der Waals surface area (Å²) < 4.78 is 0. The molecular weight excluding hydrogens is 301 g/mol.